The predicted molar refractivity (Wildman–Crippen MR) is 98.1 cm³/mol. The van der Waals surface area contributed by atoms with Crippen LogP contribution < -0.4 is 10.6 Å². The number of rotatable bonds is 7. The van der Waals surface area contributed by atoms with Gasteiger partial charge in [0.25, 0.3) is 0 Å². The molecule has 0 saturated heterocycles. The topological polar surface area (TPSA) is 41.1 Å². The van der Waals surface area contributed by atoms with Crippen molar-refractivity contribution in [1.29, 1.82) is 0 Å². The molecule has 0 aliphatic heterocycles. The summed E-state index contributed by atoms with van der Waals surface area (Å²) in [5.41, 5.74) is 3.91. The van der Waals surface area contributed by atoms with Crippen molar-refractivity contribution in [2.24, 2.45) is 0 Å². The second-order valence-electron chi connectivity index (χ2n) is 7.35. The summed E-state index contributed by atoms with van der Waals surface area (Å²) in [5, 5.41) is 6.70. The number of carbonyl (C=O) groups is 1. The molecular formula is C20H32N2O. The van der Waals surface area contributed by atoms with Crippen molar-refractivity contribution in [2.75, 3.05) is 11.9 Å². The zero-order valence-electron chi connectivity index (χ0n) is 15.1. The third-order valence-corrected chi connectivity index (χ3v) is 4.75. The van der Waals surface area contributed by atoms with Crippen LogP contribution in [-0.2, 0) is 4.79 Å². The van der Waals surface area contributed by atoms with E-state index < -0.39 is 0 Å². The number of para-hydroxylation sites is 1. The van der Waals surface area contributed by atoms with Crippen molar-refractivity contribution in [1.82, 2.24) is 5.32 Å². The summed E-state index contributed by atoms with van der Waals surface area (Å²) < 4.78 is 0. The lowest BCUT2D eigenvalue weighted by molar-refractivity contribution is -0.121. The summed E-state index contributed by atoms with van der Waals surface area (Å²) in [6.07, 6.45) is 5.34. The van der Waals surface area contributed by atoms with Crippen LogP contribution in [0.4, 0.5) is 5.69 Å². The molecule has 1 aliphatic carbocycles. The summed E-state index contributed by atoms with van der Waals surface area (Å²) in [6, 6.07) is 6.94. The van der Waals surface area contributed by atoms with E-state index in [1.807, 2.05) is 0 Å². The van der Waals surface area contributed by atoms with Gasteiger partial charge in [-0.25, -0.2) is 0 Å². The van der Waals surface area contributed by atoms with E-state index in [4.69, 9.17) is 0 Å². The molecule has 1 aromatic carbocycles. The molecule has 0 radical (unpaired) electrons. The van der Waals surface area contributed by atoms with Crippen molar-refractivity contribution in [2.45, 2.75) is 77.7 Å². The van der Waals surface area contributed by atoms with Gasteiger partial charge in [-0.05, 0) is 35.8 Å². The van der Waals surface area contributed by atoms with Crippen molar-refractivity contribution in [3.8, 4) is 0 Å². The van der Waals surface area contributed by atoms with E-state index in [-0.39, 0.29) is 5.91 Å². The standard InChI is InChI=1S/C20H32N2O/c1-14(2)17-10-7-11-18(15(3)4)20(17)21-13-12-19(23)22-16-8-5-6-9-16/h7,10-11,14-16,21H,5-6,8-9,12-13H2,1-4H3,(H,22,23). The molecule has 2 N–H and O–H groups in total. The van der Waals surface area contributed by atoms with Crippen LogP contribution in [-0.4, -0.2) is 18.5 Å². The number of benzene rings is 1. The van der Waals surface area contributed by atoms with Gasteiger partial charge in [-0.2, -0.15) is 0 Å². The largest absolute Gasteiger partial charge is 0.384 e. The molecule has 1 aliphatic rings. The van der Waals surface area contributed by atoms with Gasteiger partial charge >= 0.3 is 0 Å². The Morgan fingerprint density at radius 2 is 1.65 bits per heavy atom. The highest BCUT2D eigenvalue weighted by Gasteiger charge is 2.17. The highest BCUT2D eigenvalue weighted by Crippen LogP contribution is 2.32. The lowest BCUT2D eigenvalue weighted by atomic mass is 9.92. The van der Waals surface area contributed by atoms with Gasteiger partial charge in [-0.15, -0.1) is 0 Å². The van der Waals surface area contributed by atoms with Crippen molar-refractivity contribution in [3.05, 3.63) is 29.3 Å². The Bertz CT molecular complexity index is 490. The minimum Gasteiger partial charge on any atom is -0.384 e. The average molecular weight is 316 g/mol. The fraction of sp³-hybridized carbons (Fsp3) is 0.650. The van der Waals surface area contributed by atoms with Gasteiger partial charge in [0.2, 0.25) is 5.91 Å². The Balaban J connectivity index is 1.94. The quantitative estimate of drug-likeness (QED) is 0.759. The van der Waals surface area contributed by atoms with Crippen LogP contribution in [0.15, 0.2) is 18.2 Å². The minimum absolute atomic E-state index is 0.178. The molecule has 128 valence electrons. The monoisotopic (exact) mass is 316 g/mol. The molecule has 1 aromatic rings. The van der Waals surface area contributed by atoms with Crippen LogP contribution in [0.1, 0.15) is 82.8 Å². The third kappa shape index (κ3) is 4.98. The first kappa shape index (κ1) is 17.8. The van der Waals surface area contributed by atoms with E-state index in [0.717, 1.165) is 12.8 Å². The SMILES string of the molecule is CC(C)c1cccc(C(C)C)c1NCCC(=O)NC1CCCC1. The Morgan fingerprint density at radius 3 is 2.17 bits per heavy atom. The fourth-order valence-electron chi connectivity index (χ4n) is 3.43. The first-order valence-corrected chi connectivity index (χ1v) is 9.15. The highest BCUT2D eigenvalue weighted by molar-refractivity contribution is 5.77. The molecule has 3 heteroatoms. The maximum absolute atomic E-state index is 12.1. The summed E-state index contributed by atoms with van der Waals surface area (Å²) in [7, 11) is 0. The summed E-state index contributed by atoms with van der Waals surface area (Å²) in [5.74, 6) is 1.13. The van der Waals surface area contributed by atoms with Crippen molar-refractivity contribution < 1.29 is 4.79 Å². The average Bonchev–Trinajstić information content (AvgIpc) is 2.99. The molecule has 0 atom stereocenters. The van der Waals surface area contributed by atoms with Gasteiger partial charge in [0, 0.05) is 24.7 Å². The van der Waals surface area contributed by atoms with Crippen molar-refractivity contribution >= 4 is 11.6 Å². The number of carbonyl (C=O) groups excluding carboxylic acids is 1. The molecule has 0 bridgehead atoms. The Labute approximate surface area is 141 Å². The molecule has 0 spiro atoms. The van der Waals surface area contributed by atoms with E-state index in [1.165, 1.54) is 29.7 Å². The lowest BCUT2D eigenvalue weighted by Gasteiger charge is -2.21. The van der Waals surface area contributed by atoms with Crippen LogP contribution in [0.5, 0.6) is 0 Å². The molecule has 23 heavy (non-hydrogen) atoms. The van der Waals surface area contributed by atoms with Crippen LogP contribution in [0.3, 0.4) is 0 Å². The first-order valence-electron chi connectivity index (χ1n) is 9.15. The van der Waals surface area contributed by atoms with Gasteiger partial charge in [0.1, 0.15) is 0 Å². The van der Waals surface area contributed by atoms with Crippen molar-refractivity contribution in [3.63, 3.8) is 0 Å². The molecule has 1 fully saturated rings. The zero-order chi connectivity index (χ0) is 16.8. The first-order chi connectivity index (χ1) is 11.0. The maximum Gasteiger partial charge on any atom is 0.221 e. The maximum atomic E-state index is 12.1. The summed E-state index contributed by atoms with van der Waals surface area (Å²) in [6.45, 7) is 9.58. The summed E-state index contributed by atoms with van der Waals surface area (Å²) >= 11 is 0. The molecule has 0 unspecified atom stereocenters. The molecule has 2 rings (SSSR count). The third-order valence-electron chi connectivity index (χ3n) is 4.75. The number of amides is 1. The molecule has 1 amide bonds. The molecule has 0 heterocycles. The molecule has 1 saturated carbocycles. The normalized spacial score (nSPS) is 15.4. The number of hydrogen-bond acceptors (Lipinski definition) is 2. The van der Waals surface area contributed by atoms with E-state index >= 15 is 0 Å². The smallest absolute Gasteiger partial charge is 0.221 e. The lowest BCUT2D eigenvalue weighted by Crippen LogP contribution is -2.33. The molecular weight excluding hydrogens is 284 g/mol. The second-order valence-corrected chi connectivity index (χ2v) is 7.35. The fourth-order valence-corrected chi connectivity index (χ4v) is 3.43. The number of hydrogen-bond donors (Lipinski definition) is 2. The second kappa shape index (κ2) is 8.37. The molecule has 0 aromatic heterocycles. The van der Waals surface area contributed by atoms with Crippen LogP contribution in [0, 0.1) is 0 Å². The number of anilines is 1. The van der Waals surface area contributed by atoms with E-state index in [2.05, 4.69) is 56.5 Å². The van der Waals surface area contributed by atoms with Gasteiger partial charge in [-0.3, -0.25) is 4.79 Å². The van der Waals surface area contributed by atoms with E-state index in [0.29, 0.717) is 30.8 Å². The van der Waals surface area contributed by atoms with Crippen LogP contribution >= 0.6 is 0 Å². The van der Waals surface area contributed by atoms with E-state index in [1.54, 1.807) is 0 Å². The van der Waals surface area contributed by atoms with Crippen LogP contribution in [0.25, 0.3) is 0 Å². The van der Waals surface area contributed by atoms with Crippen LogP contribution in [0.2, 0.25) is 0 Å². The van der Waals surface area contributed by atoms with Gasteiger partial charge in [0.15, 0.2) is 0 Å². The van der Waals surface area contributed by atoms with Gasteiger partial charge in [-0.1, -0.05) is 58.7 Å². The minimum atomic E-state index is 0.178. The Morgan fingerprint density at radius 1 is 1.09 bits per heavy atom. The summed E-state index contributed by atoms with van der Waals surface area (Å²) in [4.78, 5) is 12.1. The van der Waals surface area contributed by atoms with Gasteiger partial charge < -0.3 is 10.6 Å². The zero-order valence-corrected chi connectivity index (χ0v) is 15.1. The Hall–Kier alpha value is -1.51. The molecule has 3 nitrogen and oxygen atoms in total. The van der Waals surface area contributed by atoms with E-state index in [9.17, 15) is 4.79 Å². The predicted octanol–water partition coefficient (Wildman–Crippen LogP) is 4.79. The Kier molecular flexibility index (Phi) is 6.49. The van der Waals surface area contributed by atoms with Gasteiger partial charge in [0.05, 0.1) is 0 Å². The highest BCUT2D eigenvalue weighted by atomic mass is 16.1. The number of nitrogens with one attached hydrogen (secondary N) is 2.